The highest BCUT2D eigenvalue weighted by Gasteiger charge is 1.96. The molecular formula is C8H10N2OS. The van der Waals surface area contributed by atoms with Crippen LogP contribution in [0.4, 0.5) is 0 Å². The van der Waals surface area contributed by atoms with E-state index in [1.807, 2.05) is 6.07 Å². The summed E-state index contributed by atoms with van der Waals surface area (Å²) in [7, 11) is 0. The van der Waals surface area contributed by atoms with Gasteiger partial charge in [-0.05, 0) is 12.1 Å². The lowest BCUT2D eigenvalue weighted by Gasteiger charge is -2.00. The molecule has 0 bridgehead atoms. The monoisotopic (exact) mass is 182 g/mol. The molecule has 64 valence electrons. The first kappa shape index (κ1) is 8.96. The fraction of sp³-hybridized carbons (Fsp3) is 0. The van der Waals surface area contributed by atoms with Crippen molar-refractivity contribution in [1.29, 1.82) is 0 Å². The van der Waals surface area contributed by atoms with E-state index in [2.05, 4.69) is 0 Å². The van der Waals surface area contributed by atoms with Gasteiger partial charge in [0.2, 0.25) is 0 Å². The lowest BCUT2D eigenvalue weighted by atomic mass is 10.2. The van der Waals surface area contributed by atoms with Gasteiger partial charge in [0, 0.05) is 16.7 Å². The zero-order chi connectivity index (χ0) is 8.97. The molecule has 0 aliphatic heterocycles. The summed E-state index contributed by atoms with van der Waals surface area (Å²) in [6.07, 6.45) is 0. The van der Waals surface area contributed by atoms with Crippen molar-refractivity contribution in [2.24, 2.45) is 10.9 Å². The molecule has 1 aromatic rings. The number of rotatable bonds is 2. The molecule has 4 heteroatoms. The molecule has 0 atom stereocenters. The highest BCUT2D eigenvalue weighted by molar-refractivity contribution is 8.00. The van der Waals surface area contributed by atoms with Crippen LogP contribution in [0, 0.1) is 0 Å². The van der Waals surface area contributed by atoms with Crippen molar-refractivity contribution in [3.05, 3.63) is 35.2 Å². The number of phenolic OH excluding ortho intramolecular Hbond substituents is 1. The number of hydrogen-bond donors (Lipinski definition) is 3. The largest absolute Gasteiger partial charge is 0.508 e. The van der Waals surface area contributed by atoms with Gasteiger partial charge >= 0.3 is 0 Å². The SMILES string of the molecule is NS/C=C(\N)c1cccc(O)c1. The summed E-state index contributed by atoms with van der Waals surface area (Å²) >= 11 is 1.04. The molecule has 5 N–H and O–H groups in total. The molecule has 1 rings (SSSR count). The fourth-order valence-corrected chi connectivity index (χ4v) is 1.11. The molecule has 0 amide bonds. The number of nitrogens with two attached hydrogens (primary N) is 2. The Hall–Kier alpha value is -1.13. The molecule has 0 aliphatic rings. The molecule has 0 spiro atoms. The van der Waals surface area contributed by atoms with E-state index in [4.69, 9.17) is 16.0 Å². The molecule has 0 aliphatic carbocycles. The molecule has 0 heterocycles. The van der Waals surface area contributed by atoms with Gasteiger partial charge < -0.3 is 10.8 Å². The van der Waals surface area contributed by atoms with Crippen LogP contribution in [0.15, 0.2) is 29.7 Å². The summed E-state index contributed by atoms with van der Waals surface area (Å²) < 4.78 is 0. The Kier molecular flexibility index (Phi) is 3.01. The van der Waals surface area contributed by atoms with Gasteiger partial charge in [0.1, 0.15) is 5.75 Å². The molecule has 0 aromatic heterocycles. The van der Waals surface area contributed by atoms with Crippen LogP contribution >= 0.6 is 11.9 Å². The molecule has 0 fully saturated rings. The zero-order valence-corrected chi connectivity index (χ0v) is 7.21. The molecule has 1 aromatic carbocycles. The van der Waals surface area contributed by atoms with Gasteiger partial charge in [-0.2, -0.15) is 0 Å². The lowest BCUT2D eigenvalue weighted by Crippen LogP contribution is -1.95. The number of hydrogen-bond acceptors (Lipinski definition) is 4. The van der Waals surface area contributed by atoms with Crippen LogP contribution in [0.2, 0.25) is 0 Å². The summed E-state index contributed by atoms with van der Waals surface area (Å²) in [5.74, 6) is 0.200. The number of benzene rings is 1. The maximum atomic E-state index is 9.11. The minimum atomic E-state index is 0.200. The average Bonchev–Trinajstić information content (AvgIpc) is 2.05. The molecule has 0 unspecified atom stereocenters. The number of phenols is 1. The van der Waals surface area contributed by atoms with Gasteiger partial charge in [-0.25, -0.2) is 0 Å². The van der Waals surface area contributed by atoms with E-state index < -0.39 is 0 Å². The van der Waals surface area contributed by atoms with Crippen molar-refractivity contribution in [2.45, 2.75) is 0 Å². The van der Waals surface area contributed by atoms with Gasteiger partial charge in [0.15, 0.2) is 0 Å². The van der Waals surface area contributed by atoms with E-state index >= 15 is 0 Å². The minimum Gasteiger partial charge on any atom is -0.508 e. The van der Waals surface area contributed by atoms with Gasteiger partial charge in [-0.3, -0.25) is 5.14 Å². The lowest BCUT2D eigenvalue weighted by molar-refractivity contribution is 0.475. The maximum Gasteiger partial charge on any atom is 0.116 e. The Morgan fingerprint density at radius 1 is 1.50 bits per heavy atom. The Labute approximate surface area is 75.2 Å². The minimum absolute atomic E-state index is 0.200. The van der Waals surface area contributed by atoms with Crippen molar-refractivity contribution in [1.82, 2.24) is 0 Å². The highest BCUT2D eigenvalue weighted by Crippen LogP contribution is 2.16. The summed E-state index contributed by atoms with van der Waals surface area (Å²) in [5.41, 5.74) is 6.95. The van der Waals surface area contributed by atoms with E-state index in [0.717, 1.165) is 17.5 Å². The first-order chi connectivity index (χ1) is 5.74. The topological polar surface area (TPSA) is 72.3 Å². The Morgan fingerprint density at radius 2 is 2.25 bits per heavy atom. The van der Waals surface area contributed by atoms with E-state index in [-0.39, 0.29) is 5.75 Å². The van der Waals surface area contributed by atoms with Gasteiger partial charge in [-0.1, -0.05) is 24.1 Å². The van der Waals surface area contributed by atoms with Gasteiger partial charge in [-0.15, -0.1) is 0 Å². The zero-order valence-electron chi connectivity index (χ0n) is 6.40. The third-order valence-corrected chi connectivity index (χ3v) is 1.76. The van der Waals surface area contributed by atoms with Crippen LogP contribution < -0.4 is 10.9 Å². The molecule has 0 saturated carbocycles. The van der Waals surface area contributed by atoms with Gasteiger partial charge in [0.25, 0.3) is 0 Å². The predicted octanol–water partition coefficient (Wildman–Crippen LogP) is 1.26. The smallest absolute Gasteiger partial charge is 0.116 e. The first-order valence-corrected chi connectivity index (χ1v) is 4.29. The van der Waals surface area contributed by atoms with Crippen molar-refractivity contribution >= 4 is 17.6 Å². The van der Waals surface area contributed by atoms with Crippen LogP contribution in [-0.2, 0) is 0 Å². The molecular weight excluding hydrogens is 172 g/mol. The third kappa shape index (κ3) is 2.18. The summed E-state index contributed by atoms with van der Waals surface area (Å²) in [6.45, 7) is 0. The van der Waals surface area contributed by atoms with E-state index in [0.29, 0.717) is 5.70 Å². The Bertz CT molecular complexity index is 299. The molecule has 0 radical (unpaired) electrons. The van der Waals surface area contributed by atoms with Crippen LogP contribution in [0.1, 0.15) is 5.56 Å². The first-order valence-electron chi connectivity index (χ1n) is 3.34. The van der Waals surface area contributed by atoms with E-state index in [1.165, 1.54) is 0 Å². The second-order valence-electron chi connectivity index (χ2n) is 2.26. The van der Waals surface area contributed by atoms with Crippen molar-refractivity contribution in [3.63, 3.8) is 0 Å². The fourth-order valence-electron chi connectivity index (χ4n) is 0.827. The Balaban J connectivity index is 2.95. The van der Waals surface area contributed by atoms with Crippen molar-refractivity contribution < 1.29 is 5.11 Å². The van der Waals surface area contributed by atoms with Crippen molar-refractivity contribution in [2.75, 3.05) is 0 Å². The summed E-state index contributed by atoms with van der Waals surface area (Å²) in [5, 5.41) is 15.9. The molecule has 3 nitrogen and oxygen atoms in total. The quantitative estimate of drug-likeness (QED) is 0.602. The van der Waals surface area contributed by atoms with E-state index in [1.54, 1.807) is 23.6 Å². The molecule has 12 heavy (non-hydrogen) atoms. The summed E-state index contributed by atoms with van der Waals surface area (Å²) in [4.78, 5) is 0. The average molecular weight is 182 g/mol. The maximum absolute atomic E-state index is 9.11. The standard InChI is InChI=1S/C8H10N2OS/c9-8(5-12-10)6-2-1-3-7(11)4-6/h1-5,11H,9-10H2/b8-5-. The Morgan fingerprint density at radius 3 is 2.83 bits per heavy atom. The van der Waals surface area contributed by atoms with Crippen LogP contribution in [-0.4, -0.2) is 5.11 Å². The van der Waals surface area contributed by atoms with E-state index in [9.17, 15) is 0 Å². The third-order valence-electron chi connectivity index (χ3n) is 1.37. The normalized spacial score (nSPS) is 11.6. The molecule has 0 saturated heterocycles. The predicted molar refractivity (Wildman–Crippen MR) is 52.0 cm³/mol. The van der Waals surface area contributed by atoms with Crippen LogP contribution in [0.3, 0.4) is 0 Å². The number of aromatic hydroxyl groups is 1. The van der Waals surface area contributed by atoms with Crippen LogP contribution in [0.5, 0.6) is 5.75 Å². The van der Waals surface area contributed by atoms with Crippen LogP contribution in [0.25, 0.3) is 5.70 Å². The highest BCUT2D eigenvalue weighted by atomic mass is 32.2. The second kappa shape index (κ2) is 4.04. The van der Waals surface area contributed by atoms with Gasteiger partial charge in [0.05, 0.1) is 0 Å². The summed E-state index contributed by atoms with van der Waals surface area (Å²) in [6, 6.07) is 6.71. The second-order valence-corrected chi connectivity index (χ2v) is 2.77. The van der Waals surface area contributed by atoms with Crippen molar-refractivity contribution in [3.8, 4) is 5.75 Å².